The molecule has 1 atom stereocenters. The number of hydrogen-bond donors (Lipinski definition) is 5. The van der Waals surface area contributed by atoms with Crippen LogP contribution in [0.15, 0.2) is 35.3 Å². The fourth-order valence-electron chi connectivity index (χ4n) is 2.94. The van der Waals surface area contributed by atoms with Gasteiger partial charge in [-0.2, -0.15) is 0 Å². The summed E-state index contributed by atoms with van der Waals surface area (Å²) < 4.78 is 0. The van der Waals surface area contributed by atoms with Crippen molar-refractivity contribution in [1.29, 1.82) is 5.41 Å². The molecule has 2 amide bonds. The van der Waals surface area contributed by atoms with Crippen molar-refractivity contribution >= 4 is 12.2 Å². The molecule has 0 spiro atoms. The van der Waals surface area contributed by atoms with Crippen LogP contribution in [-0.4, -0.2) is 30.9 Å². The highest BCUT2D eigenvalue weighted by atomic mass is 16.2. The Morgan fingerprint density at radius 3 is 2.90 bits per heavy atom. The smallest absolute Gasteiger partial charge is 0.320 e. The van der Waals surface area contributed by atoms with Crippen LogP contribution in [0, 0.1) is 5.41 Å². The summed E-state index contributed by atoms with van der Waals surface area (Å²) >= 11 is 0. The fourth-order valence-corrected chi connectivity index (χ4v) is 2.94. The standard InChI is InChI=1S/C15H21N5O/c16-8-10-7-13-12(17-9-10)5-6-14(19-13)20-15(21)18-11-3-1-2-4-11/h5-8,11,13,16-17,19H,1-4,9H2,(H2,18,20,21). The van der Waals surface area contributed by atoms with E-state index in [0.717, 1.165) is 24.1 Å². The Hall–Kier alpha value is -2.24. The number of carbonyl (C=O) groups is 1. The van der Waals surface area contributed by atoms with Crippen molar-refractivity contribution in [3.8, 4) is 0 Å². The summed E-state index contributed by atoms with van der Waals surface area (Å²) in [5, 5.41) is 19.7. The van der Waals surface area contributed by atoms with E-state index >= 15 is 0 Å². The molecule has 5 N–H and O–H groups in total. The molecule has 0 radical (unpaired) electrons. The van der Waals surface area contributed by atoms with Crippen LogP contribution in [0.1, 0.15) is 25.7 Å². The molecular formula is C15H21N5O. The van der Waals surface area contributed by atoms with Crippen LogP contribution in [0.4, 0.5) is 4.79 Å². The lowest BCUT2D eigenvalue weighted by atomic mass is 10.0. The van der Waals surface area contributed by atoms with Crippen LogP contribution >= 0.6 is 0 Å². The van der Waals surface area contributed by atoms with Gasteiger partial charge in [0, 0.05) is 24.5 Å². The number of hydrogen-bond acceptors (Lipinski definition) is 4. The second-order valence-corrected chi connectivity index (χ2v) is 5.64. The van der Waals surface area contributed by atoms with Gasteiger partial charge in [0.15, 0.2) is 0 Å². The predicted molar refractivity (Wildman–Crippen MR) is 81.9 cm³/mol. The van der Waals surface area contributed by atoms with Crippen molar-refractivity contribution in [2.24, 2.45) is 0 Å². The van der Waals surface area contributed by atoms with E-state index in [1.54, 1.807) is 0 Å². The molecule has 2 aliphatic heterocycles. The fraction of sp³-hybridized carbons (Fsp3) is 0.467. The van der Waals surface area contributed by atoms with E-state index in [0.29, 0.717) is 18.4 Å². The monoisotopic (exact) mass is 287 g/mol. The molecule has 6 nitrogen and oxygen atoms in total. The molecule has 0 aromatic carbocycles. The van der Waals surface area contributed by atoms with Crippen LogP contribution in [0.2, 0.25) is 0 Å². The molecule has 6 heteroatoms. The molecule has 21 heavy (non-hydrogen) atoms. The van der Waals surface area contributed by atoms with E-state index in [-0.39, 0.29) is 12.1 Å². The van der Waals surface area contributed by atoms with Gasteiger partial charge in [0.05, 0.1) is 6.04 Å². The number of dihydropyridines is 1. The summed E-state index contributed by atoms with van der Waals surface area (Å²) in [6.07, 6.45) is 11.7. The number of urea groups is 1. The summed E-state index contributed by atoms with van der Waals surface area (Å²) in [5.41, 5.74) is 1.99. The molecule has 2 heterocycles. The first-order chi connectivity index (χ1) is 10.2. The van der Waals surface area contributed by atoms with Crippen molar-refractivity contribution in [1.82, 2.24) is 21.3 Å². The molecule has 1 saturated carbocycles. The minimum Gasteiger partial charge on any atom is -0.382 e. The van der Waals surface area contributed by atoms with Crippen LogP contribution in [0.3, 0.4) is 0 Å². The lowest BCUT2D eigenvalue weighted by molar-refractivity contribution is 0.239. The maximum absolute atomic E-state index is 12.0. The Morgan fingerprint density at radius 1 is 1.33 bits per heavy atom. The maximum atomic E-state index is 12.0. The first-order valence-corrected chi connectivity index (χ1v) is 7.45. The minimum absolute atomic E-state index is 0.0119. The van der Waals surface area contributed by atoms with Gasteiger partial charge in [-0.05, 0) is 36.6 Å². The Morgan fingerprint density at radius 2 is 2.14 bits per heavy atom. The van der Waals surface area contributed by atoms with Crippen molar-refractivity contribution in [3.05, 3.63) is 35.3 Å². The molecule has 0 aromatic heterocycles. The van der Waals surface area contributed by atoms with Crippen molar-refractivity contribution in [2.45, 2.75) is 37.8 Å². The third-order valence-electron chi connectivity index (χ3n) is 4.08. The molecule has 3 aliphatic rings. The maximum Gasteiger partial charge on any atom is 0.320 e. The van der Waals surface area contributed by atoms with Gasteiger partial charge in [-0.25, -0.2) is 4.79 Å². The summed E-state index contributed by atoms with van der Waals surface area (Å²) in [4.78, 5) is 12.0. The second-order valence-electron chi connectivity index (χ2n) is 5.64. The lowest BCUT2D eigenvalue weighted by Crippen LogP contribution is -2.48. The van der Waals surface area contributed by atoms with Crippen LogP contribution in [-0.2, 0) is 0 Å². The Bertz CT molecular complexity index is 528. The molecule has 1 aliphatic carbocycles. The summed E-state index contributed by atoms with van der Waals surface area (Å²) in [6.45, 7) is 0.673. The summed E-state index contributed by atoms with van der Waals surface area (Å²) in [6, 6.07) is 0.140. The topological polar surface area (TPSA) is 89.0 Å². The number of fused-ring (bicyclic) bond motifs is 1. The first kappa shape index (κ1) is 13.7. The van der Waals surface area contributed by atoms with Gasteiger partial charge in [-0.1, -0.05) is 12.8 Å². The summed E-state index contributed by atoms with van der Waals surface area (Å²) in [5.74, 6) is 0.684. The van der Waals surface area contributed by atoms with Crippen molar-refractivity contribution in [3.63, 3.8) is 0 Å². The van der Waals surface area contributed by atoms with E-state index in [9.17, 15) is 4.79 Å². The molecule has 1 fully saturated rings. The third kappa shape index (κ3) is 3.26. The van der Waals surface area contributed by atoms with Crippen LogP contribution in [0.5, 0.6) is 0 Å². The van der Waals surface area contributed by atoms with E-state index in [2.05, 4.69) is 21.3 Å². The first-order valence-electron chi connectivity index (χ1n) is 7.45. The van der Waals surface area contributed by atoms with Gasteiger partial charge in [0.1, 0.15) is 5.82 Å². The number of rotatable bonds is 3. The highest BCUT2D eigenvalue weighted by Gasteiger charge is 2.22. The molecule has 112 valence electrons. The highest BCUT2D eigenvalue weighted by Crippen LogP contribution is 2.18. The van der Waals surface area contributed by atoms with Gasteiger partial charge in [0.2, 0.25) is 0 Å². The normalized spacial score (nSPS) is 24.6. The summed E-state index contributed by atoms with van der Waals surface area (Å²) in [7, 11) is 0. The van der Waals surface area contributed by atoms with Crippen LogP contribution in [0.25, 0.3) is 0 Å². The number of nitrogens with one attached hydrogen (secondary N) is 5. The van der Waals surface area contributed by atoms with E-state index in [1.807, 2.05) is 18.2 Å². The van der Waals surface area contributed by atoms with Gasteiger partial charge < -0.3 is 21.4 Å². The van der Waals surface area contributed by atoms with E-state index < -0.39 is 0 Å². The third-order valence-corrected chi connectivity index (χ3v) is 4.08. The molecule has 0 saturated heterocycles. The minimum atomic E-state index is -0.155. The molecular weight excluding hydrogens is 266 g/mol. The molecule has 1 unspecified atom stereocenters. The average Bonchev–Trinajstić information content (AvgIpc) is 2.99. The van der Waals surface area contributed by atoms with E-state index in [1.165, 1.54) is 19.1 Å². The zero-order valence-corrected chi connectivity index (χ0v) is 11.9. The van der Waals surface area contributed by atoms with Crippen molar-refractivity contribution < 1.29 is 4.79 Å². The Balaban J connectivity index is 1.58. The number of amides is 2. The lowest BCUT2D eigenvalue weighted by Gasteiger charge is -2.30. The molecule has 0 bridgehead atoms. The Kier molecular flexibility index (Phi) is 3.94. The SMILES string of the molecule is N=CC1=CC2NC(NC(=O)NC3CCCC3)=CC=C2NC1. The zero-order chi connectivity index (χ0) is 14.7. The number of carbonyl (C=O) groups excluding carboxylic acids is 1. The highest BCUT2D eigenvalue weighted by molar-refractivity contribution is 5.78. The molecule has 3 rings (SSSR count). The largest absolute Gasteiger partial charge is 0.382 e. The zero-order valence-electron chi connectivity index (χ0n) is 11.9. The van der Waals surface area contributed by atoms with Gasteiger partial charge in [-0.15, -0.1) is 0 Å². The van der Waals surface area contributed by atoms with Crippen molar-refractivity contribution in [2.75, 3.05) is 6.54 Å². The van der Waals surface area contributed by atoms with Gasteiger partial charge in [-0.3, -0.25) is 5.32 Å². The van der Waals surface area contributed by atoms with Crippen LogP contribution < -0.4 is 21.3 Å². The van der Waals surface area contributed by atoms with E-state index in [4.69, 9.17) is 5.41 Å². The quantitative estimate of drug-likeness (QED) is 0.504. The average molecular weight is 287 g/mol. The number of allylic oxidation sites excluding steroid dienone is 2. The van der Waals surface area contributed by atoms with Gasteiger partial charge >= 0.3 is 6.03 Å². The Labute approximate surface area is 124 Å². The van der Waals surface area contributed by atoms with Gasteiger partial charge in [0.25, 0.3) is 0 Å². The predicted octanol–water partition coefficient (Wildman–Crippen LogP) is 1.10. The molecule has 0 aromatic rings. The second kappa shape index (κ2) is 6.03.